The molecule has 5 aliphatic rings. The Labute approximate surface area is 190 Å². The largest absolute Gasteiger partial charge is 0.446 e. The van der Waals surface area contributed by atoms with Crippen molar-refractivity contribution in [2.24, 2.45) is 28.9 Å². The van der Waals surface area contributed by atoms with Gasteiger partial charge in [0.2, 0.25) is 5.91 Å². The molecule has 8 heteroatoms. The van der Waals surface area contributed by atoms with E-state index in [1.165, 1.54) is 0 Å². The Kier molecular flexibility index (Phi) is 6.16. The molecule has 3 amide bonds. The van der Waals surface area contributed by atoms with Crippen molar-refractivity contribution in [2.45, 2.75) is 83.0 Å². The minimum absolute atomic E-state index is 0.130. The van der Waals surface area contributed by atoms with Crippen LogP contribution < -0.4 is 11.1 Å². The van der Waals surface area contributed by atoms with Crippen molar-refractivity contribution in [3.05, 3.63) is 12.7 Å². The van der Waals surface area contributed by atoms with Crippen LogP contribution in [0.3, 0.4) is 0 Å². The van der Waals surface area contributed by atoms with Crippen molar-refractivity contribution in [3.63, 3.8) is 0 Å². The van der Waals surface area contributed by atoms with E-state index in [9.17, 15) is 14.4 Å². The molecule has 0 radical (unpaired) electrons. The number of nitrogens with zero attached hydrogens (tertiary/aromatic N) is 1. The van der Waals surface area contributed by atoms with Crippen molar-refractivity contribution in [3.8, 4) is 0 Å². The monoisotopic (exact) mass is 447 g/mol. The van der Waals surface area contributed by atoms with E-state index in [1.807, 2.05) is 13.8 Å². The quantitative estimate of drug-likeness (QED) is 0.582. The minimum Gasteiger partial charge on any atom is -0.446 e. The van der Waals surface area contributed by atoms with Crippen LogP contribution in [-0.4, -0.2) is 53.8 Å². The van der Waals surface area contributed by atoms with Crippen molar-refractivity contribution in [1.82, 2.24) is 10.2 Å². The van der Waals surface area contributed by atoms with Crippen LogP contribution in [0.1, 0.15) is 65.2 Å². The van der Waals surface area contributed by atoms with Gasteiger partial charge in [0.1, 0.15) is 11.7 Å². The van der Waals surface area contributed by atoms with Crippen LogP contribution in [0.4, 0.5) is 9.59 Å². The molecular weight excluding hydrogens is 410 g/mol. The lowest BCUT2D eigenvalue weighted by Gasteiger charge is -2.58. The highest BCUT2D eigenvalue weighted by Crippen LogP contribution is 2.60. The molecule has 4 aliphatic carbocycles. The number of allylic oxidation sites excluding steroid dienone is 1. The van der Waals surface area contributed by atoms with Gasteiger partial charge in [-0.1, -0.05) is 6.08 Å². The van der Waals surface area contributed by atoms with Crippen LogP contribution in [0.25, 0.3) is 0 Å². The second kappa shape index (κ2) is 8.60. The third-order valence-corrected chi connectivity index (χ3v) is 8.03. The zero-order valence-electron chi connectivity index (χ0n) is 19.3. The summed E-state index contributed by atoms with van der Waals surface area (Å²) in [7, 11) is 0. The number of hydrogen-bond donors (Lipinski definition) is 2. The summed E-state index contributed by atoms with van der Waals surface area (Å²) in [6.45, 7) is 8.41. The van der Waals surface area contributed by atoms with Gasteiger partial charge in [0.15, 0.2) is 0 Å². The standard InChI is InChI=1S/C24H37N3O5/c1-4-5-7-23(2,3)32-21(29)26-18-6-8-27(14-18)22(30)31-19-16-9-15-10-17(19)13-24(11-15,12-16)20(25)28/h4,15-19H,1,5-14H2,2-3H3,(H2,25,28)(H,26,29)/t15?,16-,17-,18?,19?,24?/m1/s1. The van der Waals surface area contributed by atoms with E-state index in [1.54, 1.807) is 11.0 Å². The topological polar surface area (TPSA) is 111 Å². The summed E-state index contributed by atoms with van der Waals surface area (Å²) in [5.74, 6) is 0.788. The summed E-state index contributed by atoms with van der Waals surface area (Å²) in [6, 6.07) is -0.151. The molecule has 5 rings (SSSR count). The summed E-state index contributed by atoms with van der Waals surface area (Å²) >= 11 is 0. The Morgan fingerprint density at radius 1 is 1.22 bits per heavy atom. The van der Waals surface area contributed by atoms with Gasteiger partial charge >= 0.3 is 12.2 Å². The first-order chi connectivity index (χ1) is 15.1. The van der Waals surface area contributed by atoms with Crippen LogP contribution in [0.2, 0.25) is 0 Å². The Morgan fingerprint density at radius 3 is 2.53 bits per heavy atom. The van der Waals surface area contributed by atoms with Crippen LogP contribution in [-0.2, 0) is 14.3 Å². The second-order valence-corrected chi connectivity index (χ2v) is 11.0. The van der Waals surface area contributed by atoms with Gasteiger partial charge in [0.05, 0.1) is 11.5 Å². The maximum absolute atomic E-state index is 12.9. The highest BCUT2D eigenvalue weighted by Gasteiger charge is 2.59. The van der Waals surface area contributed by atoms with Crippen LogP contribution >= 0.6 is 0 Å². The predicted octanol–water partition coefficient (Wildman–Crippen LogP) is 3.35. The van der Waals surface area contributed by atoms with Crippen molar-refractivity contribution in [1.29, 1.82) is 0 Å². The smallest absolute Gasteiger partial charge is 0.410 e. The third kappa shape index (κ3) is 4.59. The number of primary amides is 1. The SMILES string of the molecule is C=CCCC(C)(C)OC(=O)NC1CCN(C(=O)OC2[C@@H]3CC4C[C@@H]2CC(C(N)=O)(C4)C3)C1. The number of nitrogens with two attached hydrogens (primary N) is 1. The zero-order valence-corrected chi connectivity index (χ0v) is 19.3. The lowest BCUT2D eigenvalue weighted by atomic mass is 9.48. The van der Waals surface area contributed by atoms with Gasteiger partial charge in [0, 0.05) is 13.1 Å². The van der Waals surface area contributed by atoms with Crippen molar-refractivity contribution in [2.75, 3.05) is 13.1 Å². The first-order valence-corrected chi connectivity index (χ1v) is 12.0. The van der Waals surface area contributed by atoms with Crippen LogP contribution in [0, 0.1) is 23.2 Å². The van der Waals surface area contributed by atoms with E-state index in [0.717, 1.165) is 38.5 Å². The Hall–Kier alpha value is -2.25. The summed E-state index contributed by atoms with van der Waals surface area (Å²) < 4.78 is 11.5. The molecule has 32 heavy (non-hydrogen) atoms. The van der Waals surface area contributed by atoms with Crippen molar-refractivity contribution < 1.29 is 23.9 Å². The van der Waals surface area contributed by atoms with E-state index in [4.69, 9.17) is 15.2 Å². The molecule has 0 spiro atoms. The second-order valence-electron chi connectivity index (χ2n) is 11.0. The van der Waals surface area contributed by atoms with Gasteiger partial charge in [-0.2, -0.15) is 0 Å². The molecule has 0 aromatic rings. The number of likely N-dealkylation sites (tertiary alicyclic amines) is 1. The molecule has 1 heterocycles. The predicted molar refractivity (Wildman–Crippen MR) is 119 cm³/mol. The lowest BCUT2D eigenvalue weighted by Crippen LogP contribution is -2.59. The highest BCUT2D eigenvalue weighted by atomic mass is 16.6. The molecular formula is C24H37N3O5. The van der Waals surface area contributed by atoms with Crippen LogP contribution in [0.15, 0.2) is 12.7 Å². The third-order valence-electron chi connectivity index (χ3n) is 8.03. The molecule has 5 fully saturated rings. The molecule has 3 atom stereocenters. The highest BCUT2D eigenvalue weighted by molar-refractivity contribution is 5.81. The van der Waals surface area contributed by atoms with Gasteiger partial charge in [-0.3, -0.25) is 4.79 Å². The fourth-order valence-corrected chi connectivity index (χ4v) is 6.65. The van der Waals surface area contributed by atoms with E-state index in [-0.39, 0.29) is 41.4 Å². The molecule has 1 saturated heterocycles. The maximum Gasteiger partial charge on any atom is 0.410 e. The van der Waals surface area contributed by atoms with E-state index in [0.29, 0.717) is 31.8 Å². The Balaban J connectivity index is 1.27. The van der Waals surface area contributed by atoms with Gasteiger partial charge in [-0.25, -0.2) is 9.59 Å². The minimum atomic E-state index is -0.572. The number of hydrogen-bond acceptors (Lipinski definition) is 5. The number of rotatable bonds is 7. The summed E-state index contributed by atoms with van der Waals surface area (Å²) in [5.41, 5.74) is 4.79. The molecule has 1 unspecified atom stereocenters. The Bertz CT molecular complexity index is 766. The molecule has 4 bridgehead atoms. The van der Waals surface area contributed by atoms with Gasteiger partial charge < -0.3 is 25.4 Å². The van der Waals surface area contributed by atoms with Gasteiger partial charge in [-0.05, 0) is 83.0 Å². The molecule has 1 aliphatic heterocycles. The lowest BCUT2D eigenvalue weighted by molar-refractivity contribution is -0.161. The number of nitrogens with one attached hydrogen (secondary N) is 1. The number of ether oxygens (including phenoxy) is 2. The number of carbonyl (C=O) groups excluding carboxylic acids is 3. The first kappa shape index (κ1) is 22.9. The maximum atomic E-state index is 12.9. The molecule has 3 N–H and O–H groups in total. The van der Waals surface area contributed by atoms with E-state index >= 15 is 0 Å². The fourth-order valence-electron chi connectivity index (χ4n) is 6.65. The molecule has 4 saturated carbocycles. The van der Waals surface area contributed by atoms with E-state index in [2.05, 4.69) is 11.9 Å². The average molecular weight is 448 g/mol. The Morgan fingerprint density at radius 2 is 1.91 bits per heavy atom. The number of amides is 3. The summed E-state index contributed by atoms with van der Waals surface area (Å²) in [4.78, 5) is 39.0. The zero-order chi connectivity index (χ0) is 23.1. The molecule has 178 valence electrons. The summed E-state index contributed by atoms with van der Waals surface area (Å²) in [6.07, 6.45) is 7.45. The molecule has 8 nitrogen and oxygen atoms in total. The van der Waals surface area contributed by atoms with Crippen LogP contribution in [0.5, 0.6) is 0 Å². The first-order valence-electron chi connectivity index (χ1n) is 12.0. The fraction of sp³-hybridized carbons (Fsp3) is 0.792. The van der Waals surface area contributed by atoms with Crippen molar-refractivity contribution >= 4 is 18.1 Å². The average Bonchev–Trinajstić information content (AvgIpc) is 3.16. The normalized spacial score (nSPS) is 35.4. The molecule has 0 aromatic heterocycles. The number of carbonyl (C=O) groups is 3. The van der Waals surface area contributed by atoms with E-state index < -0.39 is 11.7 Å². The van der Waals surface area contributed by atoms with Gasteiger partial charge in [-0.15, -0.1) is 6.58 Å². The number of alkyl carbamates (subject to hydrolysis) is 1. The van der Waals surface area contributed by atoms with Gasteiger partial charge in [0.25, 0.3) is 0 Å². The summed E-state index contributed by atoms with van der Waals surface area (Å²) in [5, 5.41) is 2.88. The molecule has 0 aromatic carbocycles.